The van der Waals surface area contributed by atoms with Crippen LogP contribution in [0.15, 0.2) is 18.5 Å². The minimum atomic E-state index is 0.734. The lowest BCUT2D eigenvalue weighted by atomic mass is 10.1. The van der Waals surface area contributed by atoms with Gasteiger partial charge in [-0.05, 0) is 32.9 Å². The molecule has 0 unspecified atom stereocenters. The Kier molecular flexibility index (Phi) is 4.37. The molecule has 0 saturated heterocycles. The second-order valence-electron chi connectivity index (χ2n) is 4.76. The Morgan fingerprint density at radius 3 is 2.82 bits per heavy atom. The molecule has 1 aromatic rings. The molecule has 94 valence electrons. The van der Waals surface area contributed by atoms with Crippen molar-refractivity contribution in [3.05, 3.63) is 24.0 Å². The van der Waals surface area contributed by atoms with Crippen molar-refractivity contribution in [3.63, 3.8) is 0 Å². The van der Waals surface area contributed by atoms with Crippen LogP contribution in [0.4, 0.5) is 5.69 Å². The molecule has 0 amide bonds. The molecule has 1 aliphatic carbocycles. The molecule has 0 radical (unpaired) electrons. The van der Waals surface area contributed by atoms with Gasteiger partial charge in [0.15, 0.2) is 0 Å². The van der Waals surface area contributed by atoms with Gasteiger partial charge in [0.2, 0.25) is 0 Å². The number of pyridine rings is 1. The first-order chi connectivity index (χ1) is 8.36. The molecule has 0 aliphatic heterocycles. The maximum absolute atomic E-state index is 4.24. The normalized spacial score (nSPS) is 16.4. The van der Waals surface area contributed by atoms with Crippen LogP contribution in [0.1, 0.15) is 38.2 Å². The van der Waals surface area contributed by atoms with Crippen molar-refractivity contribution < 1.29 is 0 Å². The van der Waals surface area contributed by atoms with Gasteiger partial charge in [0.25, 0.3) is 0 Å². The van der Waals surface area contributed by atoms with E-state index in [-0.39, 0.29) is 0 Å². The second-order valence-corrected chi connectivity index (χ2v) is 4.76. The SMILES string of the molecule is CCN(c1ccncc1CNC)C1CCCC1. The smallest absolute Gasteiger partial charge is 0.0445 e. The van der Waals surface area contributed by atoms with Gasteiger partial charge < -0.3 is 10.2 Å². The van der Waals surface area contributed by atoms with Crippen LogP contribution in [0.2, 0.25) is 0 Å². The topological polar surface area (TPSA) is 28.2 Å². The summed E-state index contributed by atoms with van der Waals surface area (Å²) in [5, 5.41) is 3.23. The maximum Gasteiger partial charge on any atom is 0.0445 e. The molecule has 3 nitrogen and oxygen atoms in total. The summed E-state index contributed by atoms with van der Waals surface area (Å²) in [4.78, 5) is 6.80. The van der Waals surface area contributed by atoms with Crippen molar-refractivity contribution in [2.45, 2.75) is 45.2 Å². The summed E-state index contributed by atoms with van der Waals surface area (Å²) in [6.45, 7) is 4.24. The van der Waals surface area contributed by atoms with Crippen molar-refractivity contribution in [2.75, 3.05) is 18.5 Å². The number of nitrogens with zero attached hydrogens (tertiary/aromatic N) is 2. The molecule has 3 heteroatoms. The highest BCUT2D eigenvalue weighted by molar-refractivity contribution is 5.53. The standard InChI is InChI=1S/C14H23N3/c1-3-17(13-6-4-5-7-13)14-8-9-16-11-12(14)10-15-2/h8-9,11,13,15H,3-7,10H2,1-2H3. The summed E-state index contributed by atoms with van der Waals surface area (Å²) in [5.74, 6) is 0. The third-order valence-electron chi connectivity index (χ3n) is 3.66. The van der Waals surface area contributed by atoms with E-state index in [1.165, 1.54) is 36.9 Å². The number of anilines is 1. The monoisotopic (exact) mass is 233 g/mol. The van der Waals surface area contributed by atoms with Gasteiger partial charge in [0.1, 0.15) is 0 Å². The average molecular weight is 233 g/mol. The summed E-state index contributed by atoms with van der Waals surface area (Å²) in [5.41, 5.74) is 2.67. The number of hydrogen-bond acceptors (Lipinski definition) is 3. The van der Waals surface area contributed by atoms with Crippen molar-refractivity contribution in [1.29, 1.82) is 0 Å². The minimum absolute atomic E-state index is 0.734. The highest BCUT2D eigenvalue weighted by atomic mass is 15.2. The van der Waals surface area contributed by atoms with Crippen molar-refractivity contribution in [2.24, 2.45) is 0 Å². The molecule has 0 bridgehead atoms. The second kappa shape index (κ2) is 6.01. The zero-order valence-corrected chi connectivity index (χ0v) is 10.9. The van der Waals surface area contributed by atoms with Gasteiger partial charge >= 0.3 is 0 Å². The first-order valence-electron chi connectivity index (χ1n) is 6.71. The molecule has 1 aromatic heterocycles. The molecule has 1 N–H and O–H groups in total. The Hall–Kier alpha value is -1.09. The summed E-state index contributed by atoms with van der Waals surface area (Å²) in [6.07, 6.45) is 9.35. The molecular weight excluding hydrogens is 210 g/mol. The predicted molar refractivity (Wildman–Crippen MR) is 72.3 cm³/mol. The van der Waals surface area contributed by atoms with Gasteiger partial charge in [-0.1, -0.05) is 12.8 Å². The van der Waals surface area contributed by atoms with Gasteiger partial charge in [-0.25, -0.2) is 0 Å². The molecule has 0 spiro atoms. The van der Waals surface area contributed by atoms with Crippen molar-refractivity contribution in [3.8, 4) is 0 Å². The molecular formula is C14H23N3. The predicted octanol–water partition coefficient (Wildman–Crippen LogP) is 2.57. The number of aromatic nitrogens is 1. The fourth-order valence-corrected chi connectivity index (χ4v) is 2.87. The molecule has 2 rings (SSSR count). The van der Waals surface area contributed by atoms with E-state index in [9.17, 15) is 0 Å². The summed E-state index contributed by atoms with van der Waals surface area (Å²) in [7, 11) is 1.99. The first kappa shape index (κ1) is 12.4. The Bertz CT molecular complexity index is 345. The van der Waals surface area contributed by atoms with Gasteiger partial charge in [-0.15, -0.1) is 0 Å². The summed E-state index contributed by atoms with van der Waals surface area (Å²) < 4.78 is 0. The van der Waals surface area contributed by atoms with E-state index in [0.29, 0.717) is 0 Å². The average Bonchev–Trinajstić information content (AvgIpc) is 2.86. The third kappa shape index (κ3) is 2.78. The fourth-order valence-electron chi connectivity index (χ4n) is 2.87. The lowest BCUT2D eigenvalue weighted by molar-refractivity contribution is 0.615. The van der Waals surface area contributed by atoms with E-state index in [1.807, 2.05) is 19.4 Å². The van der Waals surface area contributed by atoms with Crippen LogP contribution in [0, 0.1) is 0 Å². The van der Waals surface area contributed by atoms with Gasteiger partial charge in [-0.3, -0.25) is 4.98 Å². The van der Waals surface area contributed by atoms with Gasteiger partial charge in [0, 0.05) is 42.8 Å². The van der Waals surface area contributed by atoms with Crippen LogP contribution in [0.3, 0.4) is 0 Å². The molecule has 1 saturated carbocycles. The summed E-state index contributed by atoms with van der Waals surface area (Å²) >= 11 is 0. The molecule has 0 atom stereocenters. The van der Waals surface area contributed by atoms with E-state index in [4.69, 9.17) is 0 Å². The quantitative estimate of drug-likeness (QED) is 0.847. The van der Waals surface area contributed by atoms with Crippen LogP contribution in [0.25, 0.3) is 0 Å². The van der Waals surface area contributed by atoms with E-state index >= 15 is 0 Å². The zero-order valence-electron chi connectivity index (χ0n) is 10.9. The number of nitrogens with one attached hydrogen (secondary N) is 1. The van der Waals surface area contributed by atoms with Crippen LogP contribution < -0.4 is 10.2 Å². The van der Waals surface area contributed by atoms with Crippen LogP contribution in [0.5, 0.6) is 0 Å². The van der Waals surface area contributed by atoms with Crippen molar-refractivity contribution in [1.82, 2.24) is 10.3 Å². The van der Waals surface area contributed by atoms with Crippen LogP contribution in [-0.4, -0.2) is 24.6 Å². The molecule has 17 heavy (non-hydrogen) atoms. The Morgan fingerprint density at radius 1 is 1.41 bits per heavy atom. The fraction of sp³-hybridized carbons (Fsp3) is 0.643. The largest absolute Gasteiger partial charge is 0.368 e. The first-order valence-corrected chi connectivity index (χ1v) is 6.71. The van der Waals surface area contributed by atoms with E-state index in [0.717, 1.165) is 19.1 Å². The van der Waals surface area contributed by atoms with E-state index in [2.05, 4.69) is 28.2 Å². The highest BCUT2D eigenvalue weighted by Gasteiger charge is 2.22. The zero-order chi connectivity index (χ0) is 12.1. The van der Waals surface area contributed by atoms with Crippen molar-refractivity contribution >= 4 is 5.69 Å². The lowest BCUT2D eigenvalue weighted by Gasteiger charge is -2.31. The molecule has 1 heterocycles. The van der Waals surface area contributed by atoms with E-state index in [1.54, 1.807) is 0 Å². The Labute approximate surface area is 104 Å². The minimum Gasteiger partial charge on any atom is -0.368 e. The Morgan fingerprint density at radius 2 is 2.18 bits per heavy atom. The van der Waals surface area contributed by atoms with E-state index < -0.39 is 0 Å². The number of hydrogen-bond donors (Lipinski definition) is 1. The van der Waals surface area contributed by atoms with Crippen LogP contribution >= 0.6 is 0 Å². The highest BCUT2D eigenvalue weighted by Crippen LogP contribution is 2.29. The molecule has 1 fully saturated rings. The summed E-state index contributed by atoms with van der Waals surface area (Å²) in [6, 6.07) is 2.90. The van der Waals surface area contributed by atoms with Gasteiger partial charge in [-0.2, -0.15) is 0 Å². The van der Waals surface area contributed by atoms with Gasteiger partial charge in [0.05, 0.1) is 0 Å². The Balaban J connectivity index is 2.22. The molecule has 1 aliphatic rings. The molecule has 0 aromatic carbocycles. The number of rotatable bonds is 5. The lowest BCUT2D eigenvalue weighted by Crippen LogP contribution is -2.34. The third-order valence-corrected chi connectivity index (χ3v) is 3.66. The maximum atomic E-state index is 4.24. The van der Waals surface area contributed by atoms with Crippen LogP contribution in [-0.2, 0) is 6.54 Å².